The standard InChI is InChI=1S/C37H50FNO4.C34H46FNO3.C33H44FNO3/c1-8-31(41)37(43)23(2)20-29-28-16-13-25-21-27(17-19-34(25,6)36(28,38)32(42)22-35(29,37)7)39-26-14-11-24(12-15-26)30(40)10-9-18-33(3,4)5;1-8-28(37)34(39)21(2)17-27-26-14-11-23-18-25(36-24-12-9-22(10-13-24)19-30(3,4)5)15-16-31(23,6)33(26,35)29(38)20-32(27,34)7;1-8-27(36)33(38)20(2)17-26-25-14-11-22-18-24(35-23-12-9-21(10-13-23)29(3,4)5)15-16-30(22,6)32(25,34)28(37)19-31(26,33)7/h11-12,14-15,17,19,21,23,28-29,32,42-43H,8-10,13,16,18,20,22H2,1-7H3;9-10,12-13,15-16,18,21,26-27,29,38-39H,8,11,14,17,19-20H2,1-7H3;9-10,12-13,15-16,18,20,25-26,28,37-38H,8,11,14,17,19H2,1-7H3/t23-,28+,29+,32+,34+,35+,36+,37+;21-,26+,27+,29+,31+,32+,33+,34+;20-,25+,26+,28+,30+,31+,32+,33+/m111/s1. The highest BCUT2D eigenvalue weighted by molar-refractivity contribution is 6.09. The molecular weight excluding hydrogens is 1510 g/mol. The van der Waals surface area contributed by atoms with Crippen LogP contribution in [0.1, 0.15) is 282 Å². The monoisotopic (exact) mass is 1650 g/mol. The average molecular weight is 1650 g/mol. The molecule has 16 heteroatoms. The number of hydrogen-bond acceptors (Lipinski definition) is 13. The number of aliphatic imine (C=N–C) groups is 3. The largest absolute Gasteiger partial charge is 0.390 e. The maximum atomic E-state index is 17.6. The Morgan fingerprint density at radius 2 is 0.733 bits per heavy atom. The number of halogens is 3. The number of aliphatic hydroxyl groups is 6. The first-order valence-electron chi connectivity index (χ1n) is 45.4. The van der Waals surface area contributed by atoms with Gasteiger partial charge in [-0.25, -0.2) is 28.1 Å². The van der Waals surface area contributed by atoms with Gasteiger partial charge in [0.05, 0.1) is 52.5 Å². The topological polar surface area (TPSA) is 227 Å². The summed E-state index contributed by atoms with van der Waals surface area (Å²) in [5.74, 6) is -3.16. The molecule has 3 aromatic carbocycles. The highest BCUT2D eigenvalue weighted by atomic mass is 19.2. The first kappa shape index (κ1) is 91.0. The number of alkyl halides is 3. The molecule has 0 aliphatic heterocycles. The molecule has 15 rings (SSSR count). The molecule has 13 nitrogen and oxygen atoms in total. The van der Waals surface area contributed by atoms with Crippen molar-refractivity contribution < 1.29 is 63.0 Å². The van der Waals surface area contributed by atoms with Crippen molar-refractivity contribution in [1.29, 1.82) is 0 Å². The van der Waals surface area contributed by atoms with Crippen LogP contribution in [-0.2, 0) is 26.2 Å². The van der Waals surface area contributed by atoms with Crippen molar-refractivity contribution in [3.05, 3.63) is 161 Å². The summed E-state index contributed by atoms with van der Waals surface area (Å²) in [6.07, 6.45) is 23.2. The van der Waals surface area contributed by atoms with E-state index in [0.717, 1.165) is 64.5 Å². The fraction of sp³-hybridized carbons (Fsp3) is 0.644. The molecule has 12 aliphatic rings. The highest BCUT2D eigenvalue weighted by Gasteiger charge is 2.79. The number of allylic oxidation sites excluding steroid dienone is 12. The third-order valence-corrected chi connectivity index (χ3v) is 33.6. The Balaban J connectivity index is 0.000000156. The number of rotatable bonds is 14. The van der Waals surface area contributed by atoms with E-state index < -0.39 is 102 Å². The van der Waals surface area contributed by atoms with Gasteiger partial charge < -0.3 is 30.6 Å². The molecule has 0 radical (unpaired) electrons. The van der Waals surface area contributed by atoms with E-state index in [9.17, 15) is 49.8 Å². The second-order valence-electron chi connectivity index (χ2n) is 43.8. The lowest BCUT2D eigenvalue weighted by Gasteiger charge is -2.62. The molecule has 0 saturated heterocycles. The lowest BCUT2D eigenvalue weighted by molar-refractivity contribution is -0.218. The summed E-state index contributed by atoms with van der Waals surface area (Å²) >= 11 is 0. The fourth-order valence-corrected chi connectivity index (χ4v) is 26.9. The van der Waals surface area contributed by atoms with Crippen molar-refractivity contribution in [2.45, 2.75) is 325 Å². The lowest BCUT2D eigenvalue weighted by atomic mass is 9.44. The average Bonchev–Trinajstić information content (AvgIpc) is 1.38. The molecule has 652 valence electrons. The summed E-state index contributed by atoms with van der Waals surface area (Å²) in [4.78, 5) is 66.3. The zero-order valence-electron chi connectivity index (χ0n) is 75.8. The number of nitrogens with zero attached hydrogens (tertiary/aromatic N) is 3. The van der Waals surface area contributed by atoms with E-state index in [1.54, 1.807) is 20.8 Å². The SMILES string of the molecule is CCC(=O)[C@@]1(O)[C@H](C)C[C@H]2[C@@H]3CCC4=CC(=Nc5ccc(C(=O)CCCC(C)(C)C)cc5)C=C[C@]4(C)[C@@]3(F)[C@@H](O)C[C@@]21C.CCC(=O)[C@@]1(O)[C@H](C)C[C@H]2[C@@H]3CCC4=CC(=Nc5ccc(C(C)(C)C)cc5)C=C[C@]4(C)[C@@]3(F)[C@@H](O)C[C@@]21C.CCC(=O)[C@@]1(O)[C@H](C)C[C@H]2[C@@H]3CCC4=CC(=Nc5ccc(CC(C)(C)C)cc5)C=C[C@]4(C)[C@@]3(F)[C@@H](O)C[C@@]21C. The van der Waals surface area contributed by atoms with Crippen LogP contribution in [0.25, 0.3) is 0 Å². The fourth-order valence-electron chi connectivity index (χ4n) is 26.9. The van der Waals surface area contributed by atoms with E-state index in [-0.39, 0.29) is 113 Å². The third-order valence-electron chi connectivity index (χ3n) is 33.6. The van der Waals surface area contributed by atoms with Gasteiger partial charge in [0.15, 0.2) is 40.1 Å². The Labute approximate surface area is 713 Å². The van der Waals surface area contributed by atoms with Crippen LogP contribution in [0.4, 0.5) is 30.2 Å². The van der Waals surface area contributed by atoms with Crippen LogP contribution in [0.15, 0.2) is 159 Å². The number of hydrogen-bond donors (Lipinski definition) is 6. The zero-order valence-corrected chi connectivity index (χ0v) is 75.8. The predicted octanol–water partition coefficient (Wildman–Crippen LogP) is 21.8. The molecule has 0 unspecified atom stereocenters. The van der Waals surface area contributed by atoms with Crippen LogP contribution < -0.4 is 0 Å². The molecule has 24 atom stereocenters. The van der Waals surface area contributed by atoms with Gasteiger partial charge in [-0.2, -0.15) is 0 Å². The van der Waals surface area contributed by atoms with Crippen molar-refractivity contribution in [1.82, 2.24) is 0 Å². The van der Waals surface area contributed by atoms with Crippen LogP contribution in [0, 0.1) is 96.6 Å². The van der Waals surface area contributed by atoms with E-state index in [4.69, 9.17) is 15.0 Å². The second kappa shape index (κ2) is 31.5. The number of ketones is 4. The molecule has 6 N–H and O–H groups in total. The predicted molar refractivity (Wildman–Crippen MR) is 475 cm³/mol. The molecule has 0 amide bonds. The number of carbonyl (C=O) groups is 4. The maximum Gasteiger partial charge on any atom is 0.164 e. The van der Waals surface area contributed by atoms with Gasteiger partial charge in [-0.3, -0.25) is 19.2 Å². The van der Waals surface area contributed by atoms with Gasteiger partial charge in [0.25, 0.3) is 0 Å². The molecule has 0 spiro atoms. The highest BCUT2D eigenvalue weighted by Crippen LogP contribution is 2.75. The summed E-state index contributed by atoms with van der Waals surface area (Å²) in [5, 5.41) is 70.1. The normalized spacial score (nSPS) is 41.7. The van der Waals surface area contributed by atoms with Crippen LogP contribution in [0.3, 0.4) is 0 Å². The Bertz CT molecular complexity index is 4780. The summed E-state index contributed by atoms with van der Waals surface area (Å²) < 4.78 is 52.8. The van der Waals surface area contributed by atoms with Gasteiger partial charge >= 0.3 is 0 Å². The molecule has 3 aromatic rings. The number of carbonyl (C=O) groups excluding carboxylic acids is 4. The van der Waals surface area contributed by atoms with E-state index >= 15 is 13.2 Å². The number of aliphatic hydroxyl groups excluding tert-OH is 3. The van der Waals surface area contributed by atoms with Gasteiger partial charge in [0, 0.05) is 81.5 Å². The molecule has 9 saturated carbocycles. The van der Waals surface area contributed by atoms with E-state index in [2.05, 4.69) is 86.6 Å². The first-order valence-corrected chi connectivity index (χ1v) is 45.4. The van der Waals surface area contributed by atoms with Gasteiger partial charge in [-0.05, 0) is 265 Å². The minimum atomic E-state index is -1.92. The molecule has 120 heavy (non-hydrogen) atoms. The van der Waals surface area contributed by atoms with Crippen LogP contribution >= 0.6 is 0 Å². The van der Waals surface area contributed by atoms with Gasteiger partial charge in [-0.1, -0.05) is 184 Å². The molecule has 12 aliphatic carbocycles. The molecule has 0 bridgehead atoms. The Morgan fingerprint density at radius 3 is 1.02 bits per heavy atom. The maximum absolute atomic E-state index is 17.6. The second-order valence-corrected chi connectivity index (χ2v) is 43.8. The van der Waals surface area contributed by atoms with Crippen molar-refractivity contribution in [3.8, 4) is 0 Å². The van der Waals surface area contributed by atoms with Crippen LogP contribution in [-0.4, -0.2) is 123 Å². The van der Waals surface area contributed by atoms with Crippen LogP contribution in [0.5, 0.6) is 0 Å². The van der Waals surface area contributed by atoms with Gasteiger partial charge in [-0.15, -0.1) is 0 Å². The Kier molecular flexibility index (Phi) is 23.9. The molecular formula is C104H140F3N3O10. The molecule has 9 fully saturated rings. The summed E-state index contributed by atoms with van der Waals surface area (Å²) in [5.41, 5.74) is -4.52. The Morgan fingerprint density at radius 1 is 0.433 bits per heavy atom. The molecule has 0 aromatic heterocycles. The van der Waals surface area contributed by atoms with Crippen molar-refractivity contribution in [2.75, 3.05) is 0 Å². The van der Waals surface area contributed by atoms with Crippen molar-refractivity contribution in [3.63, 3.8) is 0 Å². The minimum absolute atomic E-state index is 0.0518. The zero-order chi connectivity index (χ0) is 88.1. The summed E-state index contributed by atoms with van der Waals surface area (Å²) in [7, 11) is 0. The number of Topliss-reactive ketones (excluding diaryl/α,β-unsaturated/α-hetero) is 4. The van der Waals surface area contributed by atoms with E-state index in [1.165, 1.54) is 11.1 Å². The number of fused-ring (bicyclic) bond motifs is 15. The first-order chi connectivity index (χ1) is 55.7. The van der Waals surface area contributed by atoms with Crippen molar-refractivity contribution in [2.24, 2.45) is 112 Å². The summed E-state index contributed by atoms with van der Waals surface area (Å²) in [6.45, 7) is 42.2. The minimum Gasteiger partial charge on any atom is -0.390 e. The quantitative estimate of drug-likeness (QED) is 0.0837. The van der Waals surface area contributed by atoms with E-state index in [1.807, 2.05) is 166 Å². The lowest BCUT2D eigenvalue weighted by Crippen LogP contribution is -2.69. The third kappa shape index (κ3) is 14.2. The number of benzene rings is 3. The van der Waals surface area contributed by atoms with Crippen LogP contribution in [0.2, 0.25) is 0 Å². The Hall–Kier alpha value is -6.66. The van der Waals surface area contributed by atoms with Crippen molar-refractivity contribution >= 4 is 57.3 Å². The summed E-state index contributed by atoms with van der Waals surface area (Å²) in [6, 6.07) is 23.9. The van der Waals surface area contributed by atoms with E-state index in [0.29, 0.717) is 75.5 Å². The van der Waals surface area contributed by atoms with Gasteiger partial charge in [0.2, 0.25) is 0 Å². The van der Waals surface area contributed by atoms with Gasteiger partial charge in [0.1, 0.15) is 16.8 Å². The molecule has 0 heterocycles. The smallest absolute Gasteiger partial charge is 0.164 e.